The molecular formula is C34H33F2NO6. The van der Waals surface area contributed by atoms with Crippen molar-refractivity contribution in [3.05, 3.63) is 113 Å². The number of alkyl halides is 2. The first-order chi connectivity index (χ1) is 20.8. The number of methoxy groups -OCH3 is 2. The highest BCUT2D eigenvalue weighted by molar-refractivity contribution is 5.94. The number of carbonyl (C=O) groups is 2. The molecule has 0 unspecified atom stereocenters. The molecule has 0 saturated heterocycles. The molecule has 0 atom stereocenters. The number of hydrogen-bond acceptors (Lipinski definition) is 5. The fourth-order valence-electron chi connectivity index (χ4n) is 4.84. The highest BCUT2D eigenvalue weighted by Gasteiger charge is 2.18. The summed E-state index contributed by atoms with van der Waals surface area (Å²) in [6.07, 6.45) is 1.32. The average Bonchev–Trinajstić information content (AvgIpc) is 3.00. The van der Waals surface area contributed by atoms with Gasteiger partial charge in [-0.1, -0.05) is 54.6 Å². The van der Waals surface area contributed by atoms with Crippen molar-refractivity contribution in [2.45, 2.75) is 32.4 Å². The second-order valence-electron chi connectivity index (χ2n) is 9.85. The molecule has 224 valence electrons. The Balaban J connectivity index is 1.57. The van der Waals surface area contributed by atoms with Crippen LogP contribution in [0, 0.1) is 0 Å². The fraction of sp³-hybridized carbons (Fsp3) is 0.235. The van der Waals surface area contributed by atoms with Gasteiger partial charge in [0.1, 0.15) is 5.75 Å². The largest absolute Gasteiger partial charge is 0.493 e. The topological polar surface area (TPSA) is 85.3 Å². The standard InChI is InChI=1S/C34H33F2NO6/c1-41-30-19-27(20-32(38)39)29(21-31(30)42-2)25-12-10-24(11-13-25)22-37(18-6-9-23-7-4-3-5-8-23)33(40)26-14-16-28(17-15-26)43-34(35)36/h3-5,7-8,10-17,19,21,34H,6,9,18,20,22H2,1-2H3,(H,38,39). The van der Waals surface area contributed by atoms with E-state index < -0.39 is 12.6 Å². The summed E-state index contributed by atoms with van der Waals surface area (Å²) in [5.41, 5.74) is 4.47. The van der Waals surface area contributed by atoms with Crippen molar-refractivity contribution in [3.8, 4) is 28.4 Å². The van der Waals surface area contributed by atoms with Crippen LogP contribution in [0.3, 0.4) is 0 Å². The Labute approximate surface area is 249 Å². The van der Waals surface area contributed by atoms with Gasteiger partial charge in [-0.25, -0.2) is 0 Å². The molecule has 0 aliphatic carbocycles. The molecule has 4 aromatic rings. The van der Waals surface area contributed by atoms with E-state index in [1.54, 1.807) is 17.0 Å². The molecule has 4 rings (SSSR count). The van der Waals surface area contributed by atoms with Crippen molar-refractivity contribution in [2.24, 2.45) is 0 Å². The van der Waals surface area contributed by atoms with E-state index in [1.165, 1.54) is 44.0 Å². The summed E-state index contributed by atoms with van der Waals surface area (Å²) in [4.78, 5) is 26.8. The first-order valence-electron chi connectivity index (χ1n) is 13.7. The highest BCUT2D eigenvalue weighted by Crippen LogP contribution is 2.36. The van der Waals surface area contributed by atoms with E-state index in [-0.39, 0.29) is 18.1 Å². The number of carboxylic acid groups (broad SMARTS) is 1. The molecular weight excluding hydrogens is 556 g/mol. The van der Waals surface area contributed by atoms with Crippen molar-refractivity contribution in [1.82, 2.24) is 4.90 Å². The third kappa shape index (κ3) is 8.54. The van der Waals surface area contributed by atoms with Crippen LogP contribution in [-0.2, 0) is 24.2 Å². The summed E-state index contributed by atoms with van der Waals surface area (Å²) in [7, 11) is 3.01. The Kier molecular flexibility index (Phi) is 10.7. The van der Waals surface area contributed by atoms with Gasteiger partial charge in [0.15, 0.2) is 11.5 Å². The van der Waals surface area contributed by atoms with E-state index in [4.69, 9.17) is 9.47 Å². The zero-order valence-electron chi connectivity index (χ0n) is 24.0. The van der Waals surface area contributed by atoms with Crippen molar-refractivity contribution >= 4 is 11.9 Å². The van der Waals surface area contributed by atoms with Crippen LogP contribution < -0.4 is 14.2 Å². The zero-order valence-corrected chi connectivity index (χ0v) is 24.0. The monoisotopic (exact) mass is 589 g/mol. The molecule has 1 amide bonds. The summed E-state index contributed by atoms with van der Waals surface area (Å²) in [5.74, 6) is -0.295. The lowest BCUT2D eigenvalue weighted by Gasteiger charge is -2.23. The maximum atomic E-state index is 13.5. The van der Waals surface area contributed by atoms with Gasteiger partial charge >= 0.3 is 12.6 Å². The molecule has 9 heteroatoms. The predicted molar refractivity (Wildman–Crippen MR) is 159 cm³/mol. The van der Waals surface area contributed by atoms with Gasteiger partial charge in [0.2, 0.25) is 0 Å². The van der Waals surface area contributed by atoms with Crippen LogP contribution in [-0.4, -0.2) is 49.3 Å². The smallest absolute Gasteiger partial charge is 0.387 e. The van der Waals surface area contributed by atoms with E-state index >= 15 is 0 Å². The zero-order chi connectivity index (χ0) is 30.8. The van der Waals surface area contributed by atoms with Gasteiger partial charge in [0.25, 0.3) is 5.91 Å². The summed E-state index contributed by atoms with van der Waals surface area (Å²) in [6.45, 7) is -2.15. The third-order valence-electron chi connectivity index (χ3n) is 6.94. The van der Waals surface area contributed by atoms with Crippen LogP contribution in [0.25, 0.3) is 11.1 Å². The lowest BCUT2D eigenvalue weighted by atomic mass is 9.96. The number of benzene rings is 4. The van der Waals surface area contributed by atoms with Gasteiger partial charge in [-0.15, -0.1) is 0 Å². The molecule has 1 N–H and O–H groups in total. The fourth-order valence-corrected chi connectivity index (χ4v) is 4.84. The number of halogens is 2. The number of ether oxygens (including phenoxy) is 3. The second-order valence-corrected chi connectivity index (χ2v) is 9.85. The van der Waals surface area contributed by atoms with Crippen molar-refractivity contribution < 1.29 is 37.7 Å². The van der Waals surface area contributed by atoms with E-state index in [2.05, 4.69) is 4.74 Å². The molecule has 0 radical (unpaired) electrons. The minimum absolute atomic E-state index is 0.0183. The first kappa shape index (κ1) is 31.0. The van der Waals surface area contributed by atoms with Crippen molar-refractivity contribution in [1.29, 1.82) is 0 Å². The number of nitrogens with zero attached hydrogens (tertiary/aromatic N) is 1. The summed E-state index contributed by atoms with van der Waals surface area (Å²) in [5, 5.41) is 9.46. The Morgan fingerprint density at radius 1 is 0.837 bits per heavy atom. The minimum Gasteiger partial charge on any atom is -0.493 e. The lowest BCUT2D eigenvalue weighted by Crippen LogP contribution is -2.31. The maximum Gasteiger partial charge on any atom is 0.387 e. The quantitative estimate of drug-likeness (QED) is 0.173. The Morgan fingerprint density at radius 2 is 1.49 bits per heavy atom. The molecule has 0 heterocycles. The van der Waals surface area contributed by atoms with Gasteiger partial charge in [-0.3, -0.25) is 9.59 Å². The van der Waals surface area contributed by atoms with Gasteiger partial charge < -0.3 is 24.2 Å². The van der Waals surface area contributed by atoms with Crippen LogP contribution in [0.1, 0.15) is 33.5 Å². The molecule has 0 aliphatic heterocycles. The molecule has 7 nitrogen and oxygen atoms in total. The van der Waals surface area contributed by atoms with Gasteiger partial charge in [-0.05, 0) is 77.1 Å². The molecule has 0 aliphatic rings. The normalized spacial score (nSPS) is 10.8. The number of rotatable bonds is 14. The van der Waals surface area contributed by atoms with Gasteiger partial charge in [0, 0.05) is 18.7 Å². The molecule has 43 heavy (non-hydrogen) atoms. The summed E-state index contributed by atoms with van der Waals surface area (Å²) in [6, 6.07) is 26.6. The van der Waals surface area contributed by atoms with E-state index in [9.17, 15) is 23.5 Å². The maximum absolute atomic E-state index is 13.5. The van der Waals surface area contributed by atoms with Gasteiger partial charge in [-0.2, -0.15) is 8.78 Å². The Hall–Kier alpha value is -4.92. The predicted octanol–water partition coefficient (Wildman–Crippen LogP) is 6.87. The lowest BCUT2D eigenvalue weighted by molar-refractivity contribution is -0.136. The molecule has 4 aromatic carbocycles. The average molecular weight is 590 g/mol. The van der Waals surface area contributed by atoms with E-state index in [0.717, 1.165) is 24.0 Å². The van der Waals surface area contributed by atoms with Gasteiger partial charge in [0.05, 0.1) is 20.6 Å². The SMILES string of the molecule is COc1cc(CC(=O)O)c(-c2ccc(CN(CCCc3ccccc3)C(=O)c3ccc(OC(F)F)cc3)cc2)cc1OC. The molecule has 0 fully saturated rings. The van der Waals surface area contributed by atoms with E-state index in [0.29, 0.717) is 41.3 Å². The van der Waals surface area contributed by atoms with E-state index in [1.807, 2.05) is 54.6 Å². The number of carbonyl (C=O) groups excluding carboxylic acids is 1. The summed E-state index contributed by atoms with van der Waals surface area (Å²) >= 11 is 0. The number of aryl methyl sites for hydroxylation is 1. The number of hydrogen-bond donors (Lipinski definition) is 1. The molecule has 0 saturated carbocycles. The van der Waals surface area contributed by atoms with Crippen molar-refractivity contribution in [2.75, 3.05) is 20.8 Å². The number of carboxylic acids is 1. The minimum atomic E-state index is -2.95. The van der Waals surface area contributed by atoms with Crippen LogP contribution in [0.15, 0.2) is 91.0 Å². The number of aliphatic carboxylic acids is 1. The number of amides is 1. The first-order valence-corrected chi connectivity index (χ1v) is 13.7. The second kappa shape index (κ2) is 14.8. The molecule has 0 aromatic heterocycles. The van der Waals surface area contributed by atoms with Crippen molar-refractivity contribution in [3.63, 3.8) is 0 Å². The van der Waals surface area contributed by atoms with Crippen LogP contribution in [0.4, 0.5) is 8.78 Å². The Morgan fingerprint density at radius 3 is 2.09 bits per heavy atom. The third-order valence-corrected chi connectivity index (χ3v) is 6.94. The van der Waals surface area contributed by atoms with Crippen LogP contribution in [0.5, 0.6) is 17.2 Å². The van der Waals surface area contributed by atoms with Crippen LogP contribution >= 0.6 is 0 Å². The Bertz CT molecular complexity index is 1510. The van der Waals surface area contributed by atoms with Crippen LogP contribution in [0.2, 0.25) is 0 Å². The molecule has 0 bridgehead atoms. The molecule has 0 spiro atoms. The highest BCUT2D eigenvalue weighted by atomic mass is 19.3. The summed E-state index contributed by atoms with van der Waals surface area (Å²) < 4.78 is 40.4.